The van der Waals surface area contributed by atoms with Crippen molar-refractivity contribution in [3.8, 4) is 11.4 Å². The summed E-state index contributed by atoms with van der Waals surface area (Å²) in [5.41, 5.74) is 3.02. The summed E-state index contributed by atoms with van der Waals surface area (Å²) in [6, 6.07) is 8.13. The van der Waals surface area contributed by atoms with Crippen molar-refractivity contribution in [1.82, 2.24) is 20.3 Å². The van der Waals surface area contributed by atoms with Crippen LogP contribution in [0.2, 0.25) is 0 Å². The van der Waals surface area contributed by atoms with Crippen LogP contribution < -0.4 is 5.32 Å². The van der Waals surface area contributed by atoms with Gasteiger partial charge in [0.25, 0.3) is 5.91 Å². The van der Waals surface area contributed by atoms with Crippen LogP contribution in [0.25, 0.3) is 22.6 Å². The molecular formula is C21H19FN4O. The number of hydrogen-bond acceptors (Lipinski definition) is 3. The minimum atomic E-state index is -0.295. The first-order valence-corrected chi connectivity index (χ1v) is 9.55. The van der Waals surface area contributed by atoms with Gasteiger partial charge in [0.1, 0.15) is 11.6 Å². The summed E-state index contributed by atoms with van der Waals surface area (Å²) in [6.07, 6.45) is 6.69. The summed E-state index contributed by atoms with van der Waals surface area (Å²) in [5.74, 6) is 1.81. The van der Waals surface area contributed by atoms with E-state index in [0.717, 1.165) is 17.9 Å². The van der Waals surface area contributed by atoms with Gasteiger partial charge in [-0.3, -0.25) is 4.79 Å². The van der Waals surface area contributed by atoms with Crippen LogP contribution in [0.5, 0.6) is 0 Å². The van der Waals surface area contributed by atoms with Crippen molar-refractivity contribution in [3.05, 3.63) is 47.9 Å². The Morgan fingerprint density at radius 2 is 2.04 bits per heavy atom. The number of aromatic amines is 1. The fourth-order valence-electron chi connectivity index (χ4n) is 5.55. The van der Waals surface area contributed by atoms with Gasteiger partial charge >= 0.3 is 0 Å². The van der Waals surface area contributed by atoms with Gasteiger partial charge in [-0.05, 0) is 73.3 Å². The number of rotatable bonds is 3. The minimum Gasteiger partial charge on any atom is -0.349 e. The second-order valence-corrected chi connectivity index (χ2v) is 8.25. The molecular weight excluding hydrogens is 343 g/mol. The van der Waals surface area contributed by atoms with Gasteiger partial charge in [0.05, 0.1) is 11.1 Å². The zero-order chi connectivity index (χ0) is 18.2. The number of carbonyl (C=O) groups excluding carboxylic acids is 1. The molecule has 0 bridgehead atoms. The SMILES string of the molecule is O=C(NC1CC23CC2CCC13)c1ccnc2nc(-c3ccc(F)cc3)[nH]c12. The zero-order valence-electron chi connectivity index (χ0n) is 14.7. The van der Waals surface area contributed by atoms with Crippen LogP contribution in [0.1, 0.15) is 36.0 Å². The van der Waals surface area contributed by atoms with E-state index in [9.17, 15) is 9.18 Å². The number of fused-ring (bicyclic) bond motifs is 1. The van der Waals surface area contributed by atoms with Crippen molar-refractivity contribution in [1.29, 1.82) is 0 Å². The lowest BCUT2D eigenvalue weighted by Gasteiger charge is -2.44. The van der Waals surface area contributed by atoms with Crippen molar-refractivity contribution < 1.29 is 9.18 Å². The summed E-state index contributed by atoms with van der Waals surface area (Å²) in [4.78, 5) is 24.9. The van der Waals surface area contributed by atoms with E-state index in [-0.39, 0.29) is 11.7 Å². The Balaban J connectivity index is 1.29. The molecule has 0 aliphatic heterocycles. The smallest absolute Gasteiger partial charge is 0.253 e. The first-order valence-electron chi connectivity index (χ1n) is 9.55. The van der Waals surface area contributed by atoms with Gasteiger partial charge in [0, 0.05) is 17.8 Å². The van der Waals surface area contributed by atoms with E-state index in [1.807, 2.05) is 0 Å². The molecule has 3 aliphatic rings. The summed E-state index contributed by atoms with van der Waals surface area (Å²) in [7, 11) is 0. The summed E-state index contributed by atoms with van der Waals surface area (Å²) >= 11 is 0. The average molecular weight is 362 g/mol. The second kappa shape index (κ2) is 5.15. The van der Waals surface area contributed by atoms with E-state index in [4.69, 9.17) is 0 Å². The summed E-state index contributed by atoms with van der Waals surface area (Å²) in [6.45, 7) is 0. The lowest BCUT2D eigenvalue weighted by atomic mass is 9.67. The van der Waals surface area contributed by atoms with Gasteiger partial charge in [0.2, 0.25) is 0 Å². The molecule has 0 saturated heterocycles. The molecule has 3 aliphatic carbocycles. The number of pyridine rings is 1. The molecule has 0 radical (unpaired) electrons. The number of benzene rings is 1. The topological polar surface area (TPSA) is 70.7 Å². The molecule has 2 aromatic heterocycles. The number of amides is 1. The standard InChI is InChI=1S/C21H19FN4O/c22-13-4-1-11(2-5-13)18-25-17-14(7-8-23-19(17)26-18)20(27)24-16-10-21-9-12(21)3-6-15(16)21/h1-2,4-5,7-8,12,15-16H,3,6,9-10H2,(H,24,27)(H,23,25,26). The number of nitrogens with zero attached hydrogens (tertiary/aromatic N) is 2. The van der Waals surface area contributed by atoms with E-state index in [1.54, 1.807) is 24.4 Å². The van der Waals surface area contributed by atoms with E-state index in [2.05, 4.69) is 20.3 Å². The molecule has 1 amide bonds. The number of hydrogen-bond donors (Lipinski definition) is 2. The third kappa shape index (κ3) is 2.13. The van der Waals surface area contributed by atoms with Gasteiger partial charge in [-0.25, -0.2) is 14.4 Å². The third-order valence-corrected chi connectivity index (χ3v) is 7.00. The maximum absolute atomic E-state index is 13.2. The normalized spacial score (nSPS) is 30.5. The molecule has 2 N–H and O–H groups in total. The third-order valence-electron chi connectivity index (χ3n) is 7.00. The molecule has 1 aromatic carbocycles. The highest BCUT2D eigenvalue weighted by Gasteiger charge is 2.71. The molecule has 4 unspecified atom stereocenters. The van der Waals surface area contributed by atoms with Crippen LogP contribution in [-0.4, -0.2) is 26.9 Å². The molecule has 3 saturated carbocycles. The Morgan fingerprint density at radius 3 is 2.81 bits per heavy atom. The highest BCUT2D eigenvalue weighted by atomic mass is 19.1. The molecule has 4 atom stereocenters. The van der Waals surface area contributed by atoms with Crippen LogP contribution >= 0.6 is 0 Å². The fraction of sp³-hybridized carbons (Fsp3) is 0.381. The number of carbonyl (C=O) groups is 1. The summed E-state index contributed by atoms with van der Waals surface area (Å²) in [5, 5.41) is 3.24. The number of aromatic nitrogens is 3. The number of halogens is 1. The first-order chi connectivity index (χ1) is 13.1. The van der Waals surface area contributed by atoms with Crippen molar-refractivity contribution >= 4 is 17.1 Å². The predicted octanol–water partition coefficient (Wildman–Crippen LogP) is 3.68. The van der Waals surface area contributed by atoms with Crippen LogP contribution in [0.4, 0.5) is 4.39 Å². The van der Waals surface area contributed by atoms with Crippen LogP contribution in [0.15, 0.2) is 36.5 Å². The van der Waals surface area contributed by atoms with Gasteiger partial charge in [-0.15, -0.1) is 0 Å². The number of imidazole rings is 1. The molecule has 2 heterocycles. The molecule has 27 heavy (non-hydrogen) atoms. The first kappa shape index (κ1) is 15.3. The monoisotopic (exact) mass is 362 g/mol. The van der Waals surface area contributed by atoms with E-state index in [0.29, 0.717) is 39.9 Å². The van der Waals surface area contributed by atoms with Gasteiger partial charge < -0.3 is 10.3 Å². The quantitative estimate of drug-likeness (QED) is 0.747. The average Bonchev–Trinajstić information content (AvgIpc) is 3.10. The lowest BCUT2D eigenvalue weighted by molar-refractivity contribution is 0.0694. The summed E-state index contributed by atoms with van der Waals surface area (Å²) < 4.78 is 13.2. The number of H-pyrrole nitrogens is 1. The van der Waals surface area contributed by atoms with E-state index in [1.165, 1.54) is 31.4 Å². The molecule has 3 aromatic rings. The second-order valence-electron chi connectivity index (χ2n) is 8.25. The highest BCUT2D eigenvalue weighted by molar-refractivity contribution is 6.04. The molecule has 6 rings (SSSR count). The Labute approximate surface area is 155 Å². The molecule has 5 nitrogen and oxygen atoms in total. The minimum absolute atomic E-state index is 0.0688. The Bertz CT molecular complexity index is 1070. The molecule has 3 fully saturated rings. The van der Waals surface area contributed by atoms with Crippen molar-refractivity contribution in [2.24, 2.45) is 17.3 Å². The largest absolute Gasteiger partial charge is 0.349 e. The Hall–Kier alpha value is -2.76. The Morgan fingerprint density at radius 1 is 1.19 bits per heavy atom. The molecule has 136 valence electrons. The fourth-order valence-corrected chi connectivity index (χ4v) is 5.55. The maximum atomic E-state index is 13.2. The maximum Gasteiger partial charge on any atom is 0.253 e. The Kier molecular flexibility index (Phi) is 2.92. The van der Waals surface area contributed by atoms with E-state index < -0.39 is 0 Å². The van der Waals surface area contributed by atoms with Crippen LogP contribution in [-0.2, 0) is 0 Å². The highest BCUT2D eigenvalue weighted by Crippen LogP contribution is 2.75. The van der Waals surface area contributed by atoms with Crippen molar-refractivity contribution in [3.63, 3.8) is 0 Å². The number of nitrogens with one attached hydrogen (secondary N) is 2. The van der Waals surface area contributed by atoms with Gasteiger partial charge in [0.15, 0.2) is 5.65 Å². The predicted molar refractivity (Wildman–Crippen MR) is 98.4 cm³/mol. The lowest BCUT2D eigenvalue weighted by Crippen LogP contribution is -2.52. The van der Waals surface area contributed by atoms with Crippen molar-refractivity contribution in [2.75, 3.05) is 0 Å². The van der Waals surface area contributed by atoms with E-state index >= 15 is 0 Å². The van der Waals surface area contributed by atoms with Gasteiger partial charge in [-0.1, -0.05) is 0 Å². The van der Waals surface area contributed by atoms with Crippen LogP contribution in [0.3, 0.4) is 0 Å². The van der Waals surface area contributed by atoms with Gasteiger partial charge in [-0.2, -0.15) is 0 Å². The molecule has 6 heteroatoms. The molecule has 1 spiro atoms. The van der Waals surface area contributed by atoms with Crippen molar-refractivity contribution in [2.45, 2.75) is 31.7 Å². The zero-order valence-corrected chi connectivity index (χ0v) is 14.7. The van der Waals surface area contributed by atoms with Crippen LogP contribution in [0, 0.1) is 23.1 Å².